The van der Waals surface area contributed by atoms with Crippen molar-refractivity contribution in [2.45, 2.75) is 11.9 Å². The Kier molecular flexibility index (Phi) is 4.27. The Balaban J connectivity index is 2.71. The highest BCUT2D eigenvalue weighted by Crippen LogP contribution is 2.14. The summed E-state index contributed by atoms with van der Waals surface area (Å²) in [7, 11) is -2.04. The molecule has 16 heavy (non-hydrogen) atoms. The predicted molar refractivity (Wildman–Crippen MR) is 59.3 cm³/mol. The molecule has 0 fully saturated rings. The largest absolute Gasteiger partial charge is 0.381 e. The van der Waals surface area contributed by atoms with E-state index in [-0.39, 0.29) is 17.4 Å². The van der Waals surface area contributed by atoms with Crippen molar-refractivity contribution in [2.24, 2.45) is 7.05 Å². The monoisotopic (exact) mass is 248 g/mol. The van der Waals surface area contributed by atoms with Crippen LogP contribution >= 0.6 is 0 Å². The van der Waals surface area contributed by atoms with Crippen LogP contribution in [0.15, 0.2) is 11.4 Å². The lowest BCUT2D eigenvalue weighted by Gasteiger charge is -2.07. The molecule has 7 nitrogen and oxygen atoms in total. The Hall–Kier alpha value is -1.12. The number of anilines is 1. The molecule has 0 aliphatic carbocycles. The molecule has 0 aliphatic rings. The smallest absolute Gasteiger partial charge is 0.260 e. The molecule has 1 heterocycles. The number of nitrogens with two attached hydrogens (primary N) is 1. The molecule has 0 aliphatic heterocycles. The maximum atomic E-state index is 11.8. The third-order valence-electron chi connectivity index (χ3n) is 1.91. The number of sulfonamides is 1. The highest BCUT2D eigenvalue weighted by atomic mass is 32.2. The summed E-state index contributed by atoms with van der Waals surface area (Å²) >= 11 is 0. The molecule has 0 aromatic carbocycles. The molecule has 0 amide bonds. The van der Waals surface area contributed by atoms with Crippen LogP contribution in [0.2, 0.25) is 0 Å². The van der Waals surface area contributed by atoms with E-state index in [2.05, 4.69) is 9.71 Å². The quantitative estimate of drug-likeness (QED) is 0.650. The second kappa shape index (κ2) is 5.28. The van der Waals surface area contributed by atoms with Gasteiger partial charge in [-0.15, -0.1) is 0 Å². The Morgan fingerprint density at radius 3 is 2.81 bits per heavy atom. The van der Waals surface area contributed by atoms with Crippen molar-refractivity contribution in [1.29, 1.82) is 0 Å². The SMILES string of the molecule is CCOCCNS(=O)(=O)c1c(N)ncn1C. The van der Waals surface area contributed by atoms with Crippen molar-refractivity contribution in [3.05, 3.63) is 6.33 Å². The third-order valence-corrected chi connectivity index (χ3v) is 3.50. The fourth-order valence-corrected chi connectivity index (χ4v) is 2.47. The first-order chi connectivity index (χ1) is 7.49. The topological polar surface area (TPSA) is 99.2 Å². The van der Waals surface area contributed by atoms with Crippen LogP contribution in [0.3, 0.4) is 0 Å². The van der Waals surface area contributed by atoms with Crippen LogP contribution in [0.4, 0.5) is 5.82 Å². The number of hydrogen-bond donors (Lipinski definition) is 2. The molecule has 8 heteroatoms. The summed E-state index contributed by atoms with van der Waals surface area (Å²) in [5.74, 6) is -0.00795. The van der Waals surface area contributed by atoms with Crippen LogP contribution in [0.5, 0.6) is 0 Å². The van der Waals surface area contributed by atoms with Gasteiger partial charge in [-0.1, -0.05) is 0 Å². The van der Waals surface area contributed by atoms with Crippen LogP contribution in [-0.2, 0) is 21.8 Å². The van der Waals surface area contributed by atoms with Gasteiger partial charge in [-0.05, 0) is 6.92 Å². The molecule has 3 N–H and O–H groups in total. The molecule has 0 atom stereocenters. The second-order valence-corrected chi connectivity index (χ2v) is 4.82. The molecule has 92 valence electrons. The number of imidazole rings is 1. The number of hydrogen-bond acceptors (Lipinski definition) is 5. The normalized spacial score (nSPS) is 11.9. The number of nitrogen functional groups attached to an aromatic ring is 1. The second-order valence-electron chi connectivity index (χ2n) is 3.14. The molecule has 0 radical (unpaired) electrons. The van der Waals surface area contributed by atoms with Crippen LogP contribution in [0, 0.1) is 0 Å². The van der Waals surface area contributed by atoms with Crippen molar-refractivity contribution in [1.82, 2.24) is 14.3 Å². The summed E-state index contributed by atoms with van der Waals surface area (Å²) in [6.07, 6.45) is 1.35. The first-order valence-corrected chi connectivity index (χ1v) is 6.31. The lowest BCUT2D eigenvalue weighted by Crippen LogP contribution is -2.29. The highest BCUT2D eigenvalue weighted by Gasteiger charge is 2.21. The Morgan fingerprint density at radius 2 is 2.31 bits per heavy atom. The summed E-state index contributed by atoms with van der Waals surface area (Å²) in [6.45, 7) is 2.93. The number of nitrogens with one attached hydrogen (secondary N) is 1. The van der Waals surface area contributed by atoms with E-state index in [9.17, 15) is 8.42 Å². The Labute approximate surface area is 94.7 Å². The molecule has 1 aromatic heterocycles. The molecule has 0 saturated carbocycles. The minimum atomic E-state index is -3.61. The fraction of sp³-hybridized carbons (Fsp3) is 0.625. The van der Waals surface area contributed by atoms with Gasteiger partial charge in [0.25, 0.3) is 10.0 Å². The molecule has 1 aromatic rings. The Morgan fingerprint density at radius 1 is 1.62 bits per heavy atom. The van der Waals surface area contributed by atoms with Gasteiger partial charge in [-0.3, -0.25) is 0 Å². The third kappa shape index (κ3) is 2.94. The van der Waals surface area contributed by atoms with E-state index in [4.69, 9.17) is 10.5 Å². The lowest BCUT2D eigenvalue weighted by atomic mass is 10.7. The summed E-state index contributed by atoms with van der Waals surface area (Å²) in [5.41, 5.74) is 5.48. The zero-order valence-electron chi connectivity index (χ0n) is 9.30. The molecule has 0 saturated heterocycles. The molecule has 0 bridgehead atoms. The van der Waals surface area contributed by atoms with Crippen molar-refractivity contribution < 1.29 is 13.2 Å². The summed E-state index contributed by atoms with van der Waals surface area (Å²) < 4.78 is 32.4. The predicted octanol–water partition coefficient (Wildman–Crippen LogP) is -0.683. The van der Waals surface area contributed by atoms with Gasteiger partial charge >= 0.3 is 0 Å². The number of nitrogens with zero attached hydrogens (tertiary/aromatic N) is 2. The van der Waals surface area contributed by atoms with Crippen molar-refractivity contribution in [3.8, 4) is 0 Å². The number of rotatable bonds is 6. The number of aryl methyl sites for hydroxylation is 1. The van der Waals surface area contributed by atoms with E-state index in [1.807, 2.05) is 6.92 Å². The number of ether oxygens (including phenoxy) is 1. The first-order valence-electron chi connectivity index (χ1n) is 4.83. The molecule has 1 rings (SSSR count). The van der Waals surface area contributed by atoms with Gasteiger partial charge in [0.15, 0.2) is 10.8 Å². The maximum absolute atomic E-state index is 11.8. The van der Waals surface area contributed by atoms with Crippen molar-refractivity contribution in [2.75, 3.05) is 25.5 Å². The van der Waals surface area contributed by atoms with Crippen molar-refractivity contribution in [3.63, 3.8) is 0 Å². The summed E-state index contributed by atoms with van der Waals surface area (Å²) in [5, 5.41) is -0.0241. The van der Waals surface area contributed by atoms with Gasteiger partial charge in [0.1, 0.15) is 0 Å². The molecule has 0 spiro atoms. The standard InChI is InChI=1S/C8H16N4O3S/c1-3-15-5-4-11-16(13,14)8-7(9)10-6-12(8)2/h6,11H,3-5,9H2,1-2H3. The number of aromatic nitrogens is 2. The van der Waals surface area contributed by atoms with E-state index in [0.717, 1.165) is 0 Å². The van der Waals surface area contributed by atoms with Gasteiger partial charge in [0, 0.05) is 20.2 Å². The maximum Gasteiger partial charge on any atom is 0.260 e. The molecular weight excluding hydrogens is 232 g/mol. The van der Waals surface area contributed by atoms with Crippen molar-refractivity contribution >= 4 is 15.8 Å². The van der Waals surface area contributed by atoms with Gasteiger partial charge in [-0.2, -0.15) is 0 Å². The van der Waals surface area contributed by atoms with Crippen LogP contribution in [-0.4, -0.2) is 37.7 Å². The van der Waals surface area contributed by atoms with Crippen LogP contribution < -0.4 is 10.5 Å². The fourth-order valence-electron chi connectivity index (χ4n) is 1.23. The van der Waals surface area contributed by atoms with Gasteiger partial charge < -0.3 is 15.0 Å². The first kappa shape index (κ1) is 12.9. The van der Waals surface area contributed by atoms with E-state index in [1.165, 1.54) is 10.9 Å². The van der Waals surface area contributed by atoms with E-state index in [1.54, 1.807) is 7.05 Å². The zero-order chi connectivity index (χ0) is 12.2. The minimum absolute atomic E-state index is 0.00795. The average molecular weight is 248 g/mol. The average Bonchev–Trinajstić information content (AvgIpc) is 2.54. The Bertz CT molecular complexity index is 421. The van der Waals surface area contributed by atoms with Gasteiger partial charge in [0.2, 0.25) is 0 Å². The van der Waals surface area contributed by atoms with E-state index >= 15 is 0 Å². The van der Waals surface area contributed by atoms with Crippen LogP contribution in [0.1, 0.15) is 6.92 Å². The minimum Gasteiger partial charge on any atom is -0.381 e. The van der Waals surface area contributed by atoms with Crippen LogP contribution in [0.25, 0.3) is 0 Å². The molecular formula is C8H16N4O3S. The zero-order valence-corrected chi connectivity index (χ0v) is 10.1. The van der Waals surface area contributed by atoms with E-state index in [0.29, 0.717) is 13.2 Å². The lowest BCUT2D eigenvalue weighted by molar-refractivity contribution is 0.153. The summed E-state index contributed by atoms with van der Waals surface area (Å²) in [4.78, 5) is 3.72. The van der Waals surface area contributed by atoms with E-state index < -0.39 is 10.0 Å². The van der Waals surface area contributed by atoms with Gasteiger partial charge in [-0.25, -0.2) is 18.1 Å². The molecule has 0 unspecified atom stereocenters. The highest BCUT2D eigenvalue weighted by molar-refractivity contribution is 7.89. The summed E-state index contributed by atoms with van der Waals surface area (Å²) in [6, 6.07) is 0. The van der Waals surface area contributed by atoms with Gasteiger partial charge in [0.05, 0.1) is 12.9 Å².